The molecule has 0 atom stereocenters. The summed E-state index contributed by atoms with van der Waals surface area (Å²) >= 11 is 1.70. The van der Waals surface area contributed by atoms with Crippen molar-refractivity contribution in [2.24, 2.45) is 5.92 Å². The number of thiophene rings is 1. The first-order valence-corrected chi connectivity index (χ1v) is 12.7. The molecule has 5 heterocycles. The largest absolute Gasteiger partial charge is 0.337 e. The molecule has 0 saturated heterocycles. The lowest BCUT2D eigenvalue weighted by Gasteiger charge is -2.07. The number of fused-ring (bicyclic) bond motifs is 2. The van der Waals surface area contributed by atoms with E-state index in [1.807, 2.05) is 18.2 Å². The van der Waals surface area contributed by atoms with Crippen LogP contribution in [0.2, 0.25) is 0 Å². The number of benzene rings is 1. The number of aromatic amines is 2. The van der Waals surface area contributed by atoms with Crippen molar-refractivity contribution < 1.29 is 9.18 Å². The molecule has 7 rings (SSSR count). The Bertz CT molecular complexity index is 1830. The van der Waals surface area contributed by atoms with Crippen LogP contribution in [0.5, 0.6) is 0 Å². The fourth-order valence-corrected chi connectivity index (χ4v) is 5.39. The zero-order valence-corrected chi connectivity index (χ0v) is 20.5. The van der Waals surface area contributed by atoms with E-state index < -0.39 is 5.82 Å². The van der Waals surface area contributed by atoms with Crippen LogP contribution in [0.25, 0.3) is 55.2 Å². The molecule has 0 spiro atoms. The molecule has 1 saturated carbocycles. The Kier molecular flexibility index (Phi) is 4.90. The van der Waals surface area contributed by atoms with E-state index in [1.54, 1.807) is 29.8 Å². The lowest BCUT2D eigenvalue weighted by molar-refractivity contribution is -0.117. The molecule has 3 N–H and O–H groups in total. The van der Waals surface area contributed by atoms with Gasteiger partial charge in [0.25, 0.3) is 0 Å². The standard InChI is InChI=1S/C27H20FN7OS/c1-13-5-8-20(37-13)17-3-2-4-18-24(17)33-26(32-18)25-21-19(34-35-25)12-30-23(22(21)28)15-9-16(11-29-10-15)31-27(36)14-6-7-14/h2-5,8-12,14H,6-7H2,1H3,(H,31,36)(H,32,33)(H,34,35). The van der Waals surface area contributed by atoms with Gasteiger partial charge in [-0.25, -0.2) is 9.37 Å². The highest BCUT2D eigenvalue weighted by Crippen LogP contribution is 2.36. The minimum Gasteiger partial charge on any atom is -0.337 e. The van der Waals surface area contributed by atoms with Crippen LogP contribution >= 0.6 is 11.3 Å². The molecule has 37 heavy (non-hydrogen) atoms. The van der Waals surface area contributed by atoms with Gasteiger partial charge >= 0.3 is 0 Å². The van der Waals surface area contributed by atoms with Gasteiger partial charge in [0.05, 0.1) is 40.0 Å². The molecule has 1 fully saturated rings. The normalized spacial score (nSPS) is 13.5. The van der Waals surface area contributed by atoms with Crippen LogP contribution in [0, 0.1) is 18.7 Å². The van der Waals surface area contributed by atoms with Crippen LogP contribution in [-0.2, 0) is 4.79 Å². The first-order valence-electron chi connectivity index (χ1n) is 11.9. The van der Waals surface area contributed by atoms with Crippen LogP contribution in [0.3, 0.4) is 0 Å². The Labute approximate surface area is 214 Å². The maximum Gasteiger partial charge on any atom is 0.227 e. The maximum absolute atomic E-state index is 16.0. The average molecular weight is 510 g/mol. The van der Waals surface area contributed by atoms with Gasteiger partial charge in [-0.1, -0.05) is 12.1 Å². The maximum atomic E-state index is 16.0. The van der Waals surface area contributed by atoms with Crippen molar-refractivity contribution in [1.29, 1.82) is 0 Å². The summed E-state index contributed by atoms with van der Waals surface area (Å²) in [4.78, 5) is 31.1. The molecular weight excluding hydrogens is 489 g/mol. The summed E-state index contributed by atoms with van der Waals surface area (Å²) in [5, 5.41) is 10.4. The first kappa shape index (κ1) is 21.8. The predicted molar refractivity (Wildman–Crippen MR) is 142 cm³/mol. The number of pyridine rings is 2. The molecular formula is C27H20FN7OS. The number of aromatic nitrogens is 6. The predicted octanol–water partition coefficient (Wildman–Crippen LogP) is 6.09. The van der Waals surface area contributed by atoms with Crippen LogP contribution in [0.1, 0.15) is 17.7 Å². The van der Waals surface area contributed by atoms with Gasteiger partial charge in [0.2, 0.25) is 5.91 Å². The number of imidazole rings is 1. The second kappa shape index (κ2) is 8.31. The van der Waals surface area contributed by atoms with Gasteiger partial charge in [0.1, 0.15) is 11.4 Å². The lowest BCUT2D eigenvalue weighted by Crippen LogP contribution is -2.13. The van der Waals surface area contributed by atoms with E-state index >= 15 is 4.39 Å². The number of para-hydroxylation sites is 1. The van der Waals surface area contributed by atoms with Crippen LogP contribution in [0.4, 0.5) is 10.1 Å². The van der Waals surface area contributed by atoms with Gasteiger partial charge in [-0.15, -0.1) is 11.3 Å². The fraction of sp³-hybridized carbons (Fsp3) is 0.148. The average Bonchev–Trinajstić information content (AvgIpc) is 3.29. The van der Waals surface area contributed by atoms with E-state index in [4.69, 9.17) is 4.98 Å². The SMILES string of the molecule is Cc1ccc(-c2cccc3[nH]c(-c4n[nH]c5cnc(-c6cncc(NC(=O)C7CC7)c6)c(F)c45)nc23)s1. The number of carbonyl (C=O) groups excluding carboxylic acids is 1. The molecule has 0 radical (unpaired) electrons. The second-order valence-corrected chi connectivity index (χ2v) is 10.5. The molecule has 1 aromatic carbocycles. The van der Waals surface area contributed by atoms with Crippen molar-refractivity contribution in [3.05, 3.63) is 65.7 Å². The van der Waals surface area contributed by atoms with Gasteiger partial charge in [0, 0.05) is 33.0 Å². The molecule has 1 aliphatic carbocycles. The number of aryl methyl sites for hydroxylation is 1. The number of halogens is 1. The zero-order chi connectivity index (χ0) is 25.1. The number of nitrogens with zero attached hydrogens (tertiary/aromatic N) is 4. The van der Waals surface area contributed by atoms with Gasteiger partial charge in [-0.3, -0.25) is 19.9 Å². The number of H-pyrrole nitrogens is 2. The molecule has 0 unspecified atom stereocenters. The lowest BCUT2D eigenvalue weighted by atomic mass is 10.1. The molecule has 1 amide bonds. The molecule has 1 aliphatic rings. The van der Waals surface area contributed by atoms with Crippen molar-refractivity contribution >= 4 is 44.9 Å². The van der Waals surface area contributed by atoms with E-state index in [1.165, 1.54) is 11.1 Å². The topological polar surface area (TPSA) is 112 Å². The molecule has 182 valence electrons. The molecule has 0 bridgehead atoms. The summed E-state index contributed by atoms with van der Waals surface area (Å²) in [6.45, 7) is 2.07. The number of carbonyl (C=O) groups is 1. The Morgan fingerprint density at radius 2 is 2.00 bits per heavy atom. The molecule has 10 heteroatoms. The molecule has 8 nitrogen and oxygen atoms in total. The zero-order valence-electron chi connectivity index (χ0n) is 19.7. The summed E-state index contributed by atoms with van der Waals surface area (Å²) in [5.41, 5.74) is 4.56. The van der Waals surface area contributed by atoms with Crippen LogP contribution in [0.15, 0.2) is 55.0 Å². The molecule has 0 aliphatic heterocycles. The molecule has 6 aromatic rings. The minimum atomic E-state index is -0.539. The summed E-state index contributed by atoms with van der Waals surface area (Å²) in [7, 11) is 0. The Morgan fingerprint density at radius 1 is 1.11 bits per heavy atom. The Hall–Kier alpha value is -4.44. The van der Waals surface area contributed by atoms with Gasteiger partial charge in [-0.2, -0.15) is 5.10 Å². The van der Waals surface area contributed by atoms with Crippen LogP contribution in [-0.4, -0.2) is 36.0 Å². The third-order valence-corrected chi connectivity index (χ3v) is 7.55. The fourth-order valence-electron chi connectivity index (χ4n) is 4.50. The highest BCUT2D eigenvalue weighted by molar-refractivity contribution is 7.15. The van der Waals surface area contributed by atoms with E-state index in [2.05, 4.69) is 49.5 Å². The Morgan fingerprint density at radius 3 is 2.81 bits per heavy atom. The quantitative estimate of drug-likeness (QED) is 0.260. The highest BCUT2D eigenvalue weighted by atomic mass is 32.1. The van der Waals surface area contributed by atoms with E-state index in [0.29, 0.717) is 28.3 Å². The number of hydrogen-bond donors (Lipinski definition) is 3. The number of rotatable bonds is 5. The van der Waals surface area contributed by atoms with Crippen molar-refractivity contribution in [2.45, 2.75) is 19.8 Å². The van der Waals surface area contributed by atoms with Crippen molar-refractivity contribution in [3.63, 3.8) is 0 Å². The summed E-state index contributed by atoms with van der Waals surface area (Å²) < 4.78 is 16.0. The smallest absolute Gasteiger partial charge is 0.227 e. The second-order valence-electron chi connectivity index (χ2n) is 9.20. The van der Waals surface area contributed by atoms with Crippen molar-refractivity contribution in [2.75, 3.05) is 5.32 Å². The van der Waals surface area contributed by atoms with E-state index in [-0.39, 0.29) is 22.9 Å². The van der Waals surface area contributed by atoms with Crippen LogP contribution < -0.4 is 5.32 Å². The summed E-state index contributed by atoms with van der Waals surface area (Å²) in [6.07, 6.45) is 6.41. The Balaban J connectivity index is 1.32. The van der Waals surface area contributed by atoms with Gasteiger partial charge in [0.15, 0.2) is 11.6 Å². The number of nitrogens with one attached hydrogen (secondary N) is 3. The summed E-state index contributed by atoms with van der Waals surface area (Å²) in [6, 6.07) is 11.8. The van der Waals surface area contributed by atoms with Crippen molar-refractivity contribution in [3.8, 4) is 33.2 Å². The summed E-state index contributed by atoms with van der Waals surface area (Å²) in [5.74, 6) is -0.0664. The number of hydrogen-bond acceptors (Lipinski definition) is 6. The third-order valence-electron chi connectivity index (χ3n) is 6.51. The molecule has 5 aromatic heterocycles. The van der Waals surface area contributed by atoms with E-state index in [0.717, 1.165) is 34.3 Å². The first-order chi connectivity index (χ1) is 18.0. The number of amides is 1. The number of anilines is 1. The van der Waals surface area contributed by atoms with E-state index in [9.17, 15) is 4.79 Å². The van der Waals surface area contributed by atoms with Gasteiger partial charge in [-0.05, 0) is 44.0 Å². The van der Waals surface area contributed by atoms with Gasteiger partial charge < -0.3 is 10.3 Å². The monoisotopic (exact) mass is 509 g/mol. The minimum absolute atomic E-state index is 0.0399. The third kappa shape index (κ3) is 3.77. The highest BCUT2D eigenvalue weighted by Gasteiger charge is 2.29. The van der Waals surface area contributed by atoms with Crippen molar-refractivity contribution in [1.82, 2.24) is 30.1 Å².